The van der Waals surface area contributed by atoms with Crippen LogP contribution in [-0.2, 0) is 21.7 Å². The number of fused-ring (bicyclic) bond motifs is 2. The highest BCUT2D eigenvalue weighted by molar-refractivity contribution is 6.91. The molecule has 6 aromatic rings. The van der Waals surface area contributed by atoms with Crippen molar-refractivity contribution in [3.05, 3.63) is 150 Å². The molecule has 57 heavy (non-hydrogen) atoms. The summed E-state index contributed by atoms with van der Waals surface area (Å²) < 4.78 is 14.7. The van der Waals surface area contributed by atoms with Gasteiger partial charge in [-0.05, 0) is 65.4 Å². The van der Waals surface area contributed by atoms with Crippen LogP contribution in [0.5, 0.6) is 5.75 Å². The highest BCUT2D eigenvalue weighted by Gasteiger charge is 2.66. The van der Waals surface area contributed by atoms with E-state index in [9.17, 15) is 9.90 Å². The summed E-state index contributed by atoms with van der Waals surface area (Å²) in [6.45, 7) is 11.7. The third-order valence-electron chi connectivity index (χ3n) is 12.5. The molecule has 1 spiro atoms. The Morgan fingerprint density at radius 1 is 0.965 bits per heavy atom. The molecule has 0 radical (unpaired) electrons. The maximum Gasteiger partial charge on any atom is 0.264 e. The zero-order chi connectivity index (χ0) is 39.6. The Balaban J connectivity index is 1.13. The van der Waals surface area contributed by atoms with Gasteiger partial charge < -0.3 is 19.5 Å². The normalized spacial score (nSPS) is 21.8. The molecule has 1 fully saturated rings. The molecule has 0 unspecified atom stereocenters. The van der Waals surface area contributed by atoms with E-state index in [0.29, 0.717) is 36.5 Å². The largest absolute Gasteiger partial charge is 0.497 e. The van der Waals surface area contributed by atoms with Crippen molar-refractivity contribution < 1.29 is 24.2 Å². The number of nitrogens with zero attached hydrogens (tertiary/aromatic N) is 5. The lowest BCUT2D eigenvalue weighted by Crippen LogP contribution is -2.52. The van der Waals surface area contributed by atoms with Crippen molar-refractivity contribution in [2.75, 3.05) is 23.5 Å². The summed E-state index contributed by atoms with van der Waals surface area (Å²) in [4.78, 5) is 32.8. The summed E-state index contributed by atoms with van der Waals surface area (Å²) in [6.07, 6.45) is 2.84. The van der Waals surface area contributed by atoms with E-state index in [0.717, 1.165) is 39.0 Å². The van der Waals surface area contributed by atoms with Crippen molar-refractivity contribution in [3.63, 3.8) is 0 Å². The number of aliphatic hydroxyl groups is 1. The lowest BCUT2D eigenvalue weighted by Gasteiger charge is -2.37. The van der Waals surface area contributed by atoms with Crippen LogP contribution < -0.4 is 19.7 Å². The van der Waals surface area contributed by atoms with Gasteiger partial charge in [0.15, 0.2) is 5.60 Å². The minimum atomic E-state index is -2.43. The van der Waals surface area contributed by atoms with Crippen molar-refractivity contribution in [2.45, 2.75) is 56.3 Å². The third kappa shape index (κ3) is 5.66. The van der Waals surface area contributed by atoms with Crippen LogP contribution in [0.25, 0.3) is 10.8 Å². The maximum atomic E-state index is 15.2. The fourth-order valence-corrected chi connectivity index (χ4v) is 13.9. The second kappa shape index (κ2) is 13.9. The predicted octanol–water partition coefficient (Wildman–Crippen LogP) is 7.65. The standard InChI is InChI=1S/C46H45N5O5Si/c1-6-25-50-38-23-18-32(51-39-17-11-15-30-14-10-16-35(41(30)39)44(51)53)27-36(38)46(45(50)54)29(2)43(57(4,5)34-21-19-33(55-3)20-22-34)40(56-46)24-26-49-28-37(47-48-49)42(52)31-12-8-7-9-13-31/h6-23,27-29,40,42-43,52H,1,24-26H2,2-5H3/t29-,40+,42+,43-,46+/m0/s1. The Hall–Kier alpha value is -5.88. The van der Waals surface area contributed by atoms with Crippen molar-refractivity contribution in [1.82, 2.24) is 15.0 Å². The van der Waals surface area contributed by atoms with Gasteiger partial charge in [0.1, 0.15) is 17.5 Å². The maximum absolute atomic E-state index is 15.2. The highest BCUT2D eigenvalue weighted by atomic mass is 28.3. The zero-order valence-electron chi connectivity index (χ0n) is 32.5. The molecular formula is C46H45N5O5Si. The van der Waals surface area contributed by atoms with Crippen LogP contribution in [0.3, 0.4) is 0 Å². The van der Waals surface area contributed by atoms with Gasteiger partial charge in [0, 0.05) is 35.6 Å². The average molecular weight is 776 g/mol. The average Bonchev–Trinajstić information content (AvgIpc) is 3.97. The molecule has 2 amide bonds. The smallest absolute Gasteiger partial charge is 0.264 e. The molecule has 3 aliphatic heterocycles. The Morgan fingerprint density at radius 3 is 2.46 bits per heavy atom. The molecule has 5 atom stereocenters. The van der Waals surface area contributed by atoms with Gasteiger partial charge in [0.25, 0.3) is 11.8 Å². The topological polar surface area (TPSA) is 110 Å². The quantitative estimate of drug-likeness (QED) is 0.106. The predicted molar refractivity (Wildman–Crippen MR) is 224 cm³/mol. The Kier molecular flexibility index (Phi) is 8.99. The molecule has 5 aromatic carbocycles. The number of hydrogen-bond donors (Lipinski definition) is 1. The number of hydrogen-bond acceptors (Lipinski definition) is 7. The Morgan fingerprint density at radius 2 is 1.72 bits per heavy atom. The van der Waals surface area contributed by atoms with Gasteiger partial charge in [0.05, 0.1) is 44.4 Å². The molecule has 3 aliphatic rings. The van der Waals surface area contributed by atoms with E-state index in [-0.39, 0.29) is 29.4 Å². The van der Waals surface area contributed by atoms with Crippen molar-refractivity contribution in [3.8, 4) is 5.75 Å². The molecule has 11 heteroatoms. The number of carbonyl (C=O) groups excluding carboxylic acids is 2. The van der Waals surface area contributed by atoms with Gasteiger partial charge in [-0.2, -0.15) is 0 Å². The number of aliphatic hydroxyl groups excluding tert-OH is 1. The molecular weight excluding hydrogens is 731 g/mol. The Bertz CT molecular complexity index is 2530. The first-order chi connectivity index (χ1) is 27.6. The van der Waals surface area contributed by atoms with Gasteiger partial charge in [-0.3, -0.25) is 19.2 Å². The number of ether oxygens (including phenoxy) is 2. The lowest BCUT2D eigenvalue weighted by molar-refractivity contribution is -0.145. The molecule has 0 bridgehead atoms. The van der Waals surface area contributed by atoms with Gasteiger partial charge in [0.2, 0.25) is 0 Å². The summed E-state index contributed by atoms with van der Waals surface area (Å²) in [5.41, 5.74) is 3.56. The Labute approximate surface area is 333 Å². The van der Waals surface area contributed by atoms with Crippen LogP contribution in [0.1, 0.15) is 46.6 Å². The number of anilines is 3. The molecule has 0 aliphatic carbocycles. The number of aromatic nitrogens is 3. The lowest BCUT2D eigenvalue weighted by atomic mass is 9.82. The van der Waals surface area contributed by atoms with Crippen LogP contribution in [-0.4, -0.2) is 59.7 Å². The van der Waals surface area contributed by atoms with E-state index >= 15 is 4.79 Å². The van der Waals surface area contributed by atoms with Crippen molar-refractivity contribution in [1.29, 1.82) is 0 Å². The van der Waals surface area contributed by atoms with Crippen molar-refractivity contribution in [2.24, 2.45) is 5.92 Å². The fraction of sp³-hybridized carbons (Fsp3) is 0.261. The van der Waals surface area contributed by atoms with E-state index in [4.69, 9.17) is 9.47 Å². The van der Waals surface area contributed by atoms with E-state index in [1.807, 2.05) is 97.1 Å². The fourth-order valence-electron chi connectivity index (χ4n) is 9.81. The van der Waals surface area contributed by atoms with Gasteiger partial charge >= 0.3 is 0 Å². The SMILES string of the molecule is C=CCN1C(=O)[C@]2(O[C@H](CCn3cc([C@H](O)c4ccccc4)nn3)[C@@H]([Si](C)(C)c3ccc(OC)cc3)[C@@H]2C)c2cc(N3C(=O)c4cccc5cccc3c45)ccc21. The number of aryl methyl sites for hydroxylation is 1. The van der Waals surface area contributed by atoms with E-state index in [1.54, 1.807) is 33.9 Å². The number of carbonyl (C=O) groups is 2. The summed E-state index contributed by atoms with van der Waals surface area (Å²) >= 11 is 0. The first-order valence-corrected chi connectivity index (χ1v) is 22.5. The minimum Gasteiger partial charge on any atom is -0.497 e. The first-order valence-electron chi connectivity index (χ1n) is 19.5. The molecule has 288 valence electrons. The van der Waals surface area contributed by atoms with Crippen molar-refractivity contribution >= 4 is 52.9 Å². The molecule has 1 saturated heterocycles. The first kappa shape index (κ1) is 36.7. The molecule has 1 aromatic heterocycles. The van der Waals surface area contributed by atoms with Crippen LogP contribution in [0.15, 0.2) is 128 Å². The number of benzene rings is 5. The molecule has 0 saturated carbocycles. The molecule has 1 N–H and O–H groups in total. The third-order valence-corrected chi connectivity index (χ3v) is 16.9. The summed E-state index contributed by atoms with van der Waals surface area (Å²) in [5.74, 6) is 0.315. The number of amides is 2. The second-order valence-corrected chi connectivity index (χ2v) is 20.6. The molecule has 10 nitrogen and oxygen atoms in total. The number of methoxy groups -OCH3 is 1. The van der Waals surface area contributed by atoms with Crippen LogP contribution >= 0.6 is 0 Å². The van der Waals surface area contributed by atoms with Crippen LogP contribution in [0.2, 0.25) is 18.6 Å². The monoisotopic (exact) mass is 775 g/mol. The van der Waals surface area contributed by atoms with E-state index in [1.165, 1.54) is 5.19 Å². The summed E-state index contributed by atoms with van der Waals surface area (Å²) in [6, 6.07) is 35.4. The zero-order valence-corrected chi connectivity index (χ0v) is 33.5. The summed E-state index contributed by atoms with van der Waals surface area (Å²) in [7, 11) is -0.768. The van der Waals surface area contributed by atoms with Crippen LogP contribution in [0.4, 0.5) is 17.1 Å². The molecule has 4 heterocycles. The van der Waals surface area contributed by atoms with Gasteiger partial charge in [-0.1, -0.05) is 103 Å². The van der Waals surface area contributed by atoms with Gasteiger partial charge in [-0.25, -0.2) is 0 Å². The summed E-state index contributed by atoms with van der Waals surface area (Å²) in [5, 5.41) is 22.9. The van der Waals surface area contributed by atoms with Crippen LogP contribution in [0, 0.1) is 5.92 Å². The van der Waals surface area contributed by atoms with Gasteiger partial charge in [-0.15, -0.1) is 11.7 Å². The minimum absolute atomic E-state index is 0.0145. The molecule has 9 rings (SSSR count). The second-order valence-electron chi connectivity index (χ2n) is 15.9. The number of rotatable bonds is 11. The van der Waals surface area contributed by atoms with E-state index in [2.05, 4.69) is 49.0 Å². The highest BCUT2D eigenvalue weighted by Crippen LogP contribution is 2.60. The van der Waals surface area contributed by atoms with E-state index < -0.39 is 19.8 Å².